The summed E-state index contributed by atoms with van der Waals surface area (Å²) in [5.74, 6) is 3.26. The van der Waals surface area contributed by atoms with Crippen molar-refractivity contribution in [1.29, 1.82) is 0 Å². The van der Waals surface area contributed by atoms with E-state index >= 15 is 0 Å². The van der Waals surface area contributed by atoms with Gasteiger partial charge in [0.05, 0.1) is 0 Å². The third-order valence-electron chi connectivity index (χ3n) is 3.14. The van der Waals surface area contributed by atoms with E-state index < -0.39 is 0 Å². The Kier molecular flexibility index (Phi) is 5.75. The van der Waals surface area contributed by atoms with Crippen LogP contribution in [0.3, 0.4) is 0 Å². The van der Waals surface area contributed by atoms with Crippen LogP contribution in [-0.2, 0) is 0 Å². The molecule has 1 atom stereocenters. The molecule has 0 radical (unpaired) electrons. The van der Waals surface area contributed by atoms with Crippen molar-refractivity contribution >= 4 is 23.5 Å². The van der Waals surface area contributed by atoms with Gasteiger partial charge in [-0.2, -0.15) is 11.8 Å². The molecule has 1 aliphatic heterocycles. The van der Waals surface area contributed by atoms with Gasteiger partial charge < -0.3 is 5.32 Å². The summed E-state index contributed by atoms with van der Waals surface area (Å²) in [4.78, 5) is 1.49. The van der Waals surface area contributed by atoms with E-state index in [4.69, 9.17) is 0 Å². The molecule has 1 aliphatic rings. The summed E-state index contributed by atoms with van der Waals surface area (Å²) in [6, 6.07) is 8.84. The predicted octanol–water partition coefficient (Wildman–Crippen LogP) is 3.61. The molecule has 0 spiro atoms. The lowest BCUT2D eigenvalue weighted by molar-refractivity contribution is 0.598. The molecule has 0 aliphatic carbocycles. The van der Waals surface area contributed by atoms with Gasteiger partial charge in [0.15, 0.2) is 0 Å². The highest BCUT2D eigenvalue weighted by Gasteiger charge is 2.21. The van der Waals surface area contributed by atoms with Gasteiger partial charge in [0.1, 0.15) is 0 Å². The third kappa shape index (κ3) is 3.94. The summed E-state index contributed by atoms with van der Waals surface area (Å²) < 4.78 is 0. The molecule has 94 valence electrons. The molecule has 0 saturated carbocycles. The number of nitrogens with one attached hydrogen (secondary N) is 1. The summed E-state index contributed by atoms with van der Waals surface area (Å²) in [5, 5.41) is 3.60. The number of hydrogen-bond donors (Lipinski definition) is 1. The van der Waals surface area contributed by atoms with Crippen LogP contribution in [0.1, 0.15) is 24.3 Å². The molecule has 17 heavy (non-hydrogen) atoms. The molecule has 3 heteroatoms. The average Bonchev–Trinajstić information content (AvgIpc) is 2.77. The Labute approximate surface area is 113 Å². The first-order chi connectivity index (χ1) is 8.42. The fourth-order valence-corrected chi connectivity index (χ4v) is 3.92. The van der Waals surface area contributed by atoms with E-state index in [2.05, 4.69) is 35.8 Å². The maximum absolute atomic E-state index is 3.60. The van der Waals surface area contributed by atoms with Crippen molar-refractivity contribution in [3.8, 4) is 0 Å². The smallest absolute Gasteiger partial charge is 0.0108 e. The zero-order valence-corrected chi connectivity index (χ0v) is 12.1. The first-order valence-electron chi connectivity index (χ1n) is 6.33. The number of thioether (sulfide) groups is 2. The molecule has 1 aromatic carbocycles. The Bertz CT molecular complexity index is 341. The van der Waals surface area contributed by atoms with Crippen LogP contribution in [-0.4, -0.2) is 30.9 Å². The second-order valence-electron chi connectivity index (χ2n) is 4.45. The van der Waals surface area contributed by atoms with Crippen molar-refractivity contribution in [1.82, 2.24) is 5.32 Å². The lowest BCUT2D eigenvalue weighted by atomic mass is 10.0. The summed E-state index contributed by atoms with van der Waals surface area (Å²) in [6.45, 7) is 2.31. The molecule has 0 aromatic heterocycles. The molecule has 0 saturated heterocycles. The van der Waals surface area contributed by atoms with E-state index in [-0.39, 0.29) is 0 Å². The minimum absolute atomic E-state index is 0.719. The highest BCUT2D eigenvalue weighted by atomic mass is 32.2. The predicted molar refractivity (Wildman–Crippen MR) is 80.4 cm³/mol. The molecule has 0 bridgehead atoms. The second-order valence-corrected chi connectivity index (χ2v) is 6.50. The van der Waals surface area contributed by atoms with Crippen LogP contribution in [0, 0.1) is 0 Å². The van der Waals surface area contributed by atoms with Gasteiger partial charge in [0.2, 0.25) is 0 Å². The topological polar surface area (TPSA) is 12.0 Å². The Morgan fingerprint density at radius 3 is 3.12 bits per heavy atom. The molecule has 1 aromatic rings. The van der Waals surface area contributed by atoms with Gasteiger partial charge in [0, 0.05) is 23.1 Å². The normalized spacial score (nSPS) is 18.3. The number of unbranched alkanes of at least 4 members (excludes halogenated alkanes) is 1. The molecule has 1 nitrogen and oxygen atoms in total. The van der Waals surface area contributed by atoms with Gasteiger partial charge in [0.25, 0.3) is 0 Å². The van der Waals surface area contributed by atoms with Crippen molar-refractivity contribution in [2.75, 3.05) is 30.9 Å². The SMILES string of the molecule is CSCCCCNCC1CSc2ccccc21. The Balaban J connectivity index is 1.68. The van der Waals surface area contributed by atoms with Crippen LogP contribution in [0.5, 0.6) is 0 Å². The lowest BCUT2D eigenvalue weighted by Crippen LogP contribution is -2.22. The summed E-state index contributed by atoms with van der Waals surface area (Å²) >= 11 is 3.95. The first kappa shape index (κ1) is 13.3. The summed E-state index contributed by atoms with van der Waals surface area (Å²) in [6.07, 6.45) is 4.83. The van der Waals surface area contributed by atoms with Crippen LogP contribution in [0.25, 0.3) is 0 Å². The molecule has 1 N–H and O–H groups in total. The van der Waals surface area contributed by atoms with E-state index in [1.807, 2.05) is 23.5 Å². The van der Waals surface area contributed by atoms with Crippen LogP contribution in [0.2, 0.25) is 0 Å². The fraction of sp³-hybridized carbons (Fsp3) is 0.571. The maximum atomic E-state index is 3.60. The molecule has 1 unspecified atom stereocenters. The molecule has 0 amide bonds. The van der Waals surface area contributed by atoms with E-state index in [0.717, 1.165) is 12.5 Å². The van der Waals surface area contributed by atoms with Gasteiger partial charge in [-0.15, -0.1) is 11.8 Å². The molecular weight excluding hydrogens is 246 g/mol. The van der Waals surface area contributed by atoms with Crippen molar-refractivity contribution in [2.45, 2.75) is 23.7 Å². The monoisotopic (exact) mass is 267 g/mol. The van der Waals surface area contributed by atoms with E-state index in [0.29, 0.717) is 0 Å². The van der Waals surface area contributed by atoms with Gasteiger partial charge in [-0.25, -0.2) is 0 Å². The largest absolute Gasteiger partial charge is 0.316 e. The number of hydrogen-bond acceptors (Lipinski definition) is 3. The molecular formula is C14H21NS2. The quantitative estimate of drug-likeness (QED) is 0.758. The summed E-state index contributed by atoms with van der Waals surface area (Å²) in [5.41, 5.74) is 1.55. The first-order valence-corrected chi connectivity index (χ1v) is 8.71. The van der Waals surface area contributed by atoms with E-state index in [9.17, 15) is 0 Å². The second kappa shape index (κ2) is 7.34. The van der Waals surface area contributed by atoms with Crippen molar-refractivity contribution in [3.05, 3.63) is 29.8 Å². The van der Waals surface area contributed by atoms with Gasteiger partial charge in [-0.3, -0.25) is 0 Å². The van der Waals surface area contributed by atoms with Crippen molar-refractivity contribution in [3.63, 3.8) is 0 Å². The number of fused-ring (bicyclic) bond motifs is 1. The van der Waals surface area contributed by atoms with Crippen molar-refractivity contribution < 1.29 is 0 Å². The molecule has 0 fully saturated rings. The third-order valence-corrected chi connectivity index (χ3v) is 5.09. The fourth-order valence-electron chi connectivity index (χ4n) is 2.17. The van der Waals surface area contributed by atoms with Gasteiger partial charge in [-0.05, 0) is 43.0 Å². The maximum Gasteiger partial charge on any atom is 0.0108 e. The van der Waals surface area contributed by atoms with E-state index in [1.165, 1.54) is 35.8 Å². The highest BCUT2D eigenvalue weighted by molar-refractivity contribution is 7.99. The van der Waals surface area contributed by atoms with Crippen LogP contribution in [0.15, 0.2) is 29.2 Å². The minimum atomic E-state index is 0.719. The highest BCUT2D eigenvalue weighted by Crippen LogP contribution is 2.38. The Morgan fingerprint density at radius 2 is 2.24 bits per heavy atom. The lowest BCUT2D eigenvalue weighted by Gasteiger charge is -2.11. The average molecular weight is 267 g/mol. The van der Waals surface area contributed by atoms with Gasteiger partial charge >= 0.3 is 0 Å². The van der Waals surface area contributed by atoms with Crippen LogP contribution >= 0.6 is 23.5 Å². The Morgan fingerprint density at radius 1 is 1.35 bits per heavy atom. The standard InChI is InChI=1S/C14H21NS2/c1-16-9-5-4-8-15-10-12-11-17-14-7-3-2-6-13(12)14/h2-3,6-7,12,15H,4-5,8-11H2,1H3. The summed E-state index contributed by atoms with van der Waals surface area (Å²) in [7, 11) is 0. The van der Waals surface area contributed by atoms with Crippen LogP contribution < -0.4 is 5.32 Å². The number of benzene rings is 1. The zero-order valence-electron chi connectivity index (χ0n) is 10.4. The number of rotatable bonds is 7. The van der Waals surface area contributed by atoms with Crippen molar-refractivity contribution in [2.24, 2.45) is 0 Å². The van der Waals surface area contributed by atoms with E-state index in [1.54, 1.807) is 5.56 Å². The zero-order chi connectivity index (χ0) is 11.9. The minimum Gasteiger partial charge on any atom is -0.316 e. The molecule has 2 rings (SSSR count). The Hall–Kier alpha value is -0.120. The van der Waals surface area contributed by atoms with Crippen LogP contribution in [0.4, 0.5) is 0 Å². The van der Waals surface area contributed by atoms with Gasteiger partial charge in [-0.1, -0.05) is 18.2 Å². The molecule has 1 heterocycles.